The van der Waals surface area contributed by atoms with E-state index in [1.54, 1.807) is 0 Å². The van der Waals surface area contributed by atoms with E-state index in [4.69, 9.17) is 0 Å². The summed E-state index contributed by atoms with van der Waals surface area (Å²) in [6.45, 7) is 14.7. The number of unbranched alkanes of at least 4 members (excludes halogenated alkanes) is 2. The van der Waals surface area contributed by atoms with Gasteiger partial charge in [-0.15, -0.1) is 0 Å². The Kier molecular flexibility index (Phi) is 15.0. The Morgan fingerprint density at radius 3 is 1.98 bits per heavy atom. The van der Waals surface area contributed by atoms with Crippen LogP contribution in [0.4, 0.5) is 0 Å². The molecule has 1 nitrogen and oxygen atoms in total. The Balaban J connectivity index is 1.24. The molecule has 4 aliphatic carbocycles. The molecule has 0 amide bonds. The number of aliphatic hydroxyl groups is 1. The van der Waals surface area contributed by atoms with Gasteiger partial charge in [-0.05, 0) is 135 Å². The topological polar surface area (TPSA) is 20.2 Å². The fourth-order valence-electron chi connectivity index (χ4n) is 12.0. The van der Waals surface area contributed by atoms with E-state index < -0.39 is 0 Å². The molecule has 258 valence electrons. The van der Waals surface area contributed by atoms with E-state index in [9.17, 15) is 5.11 Å². The Labute approximate surface area is 277 Å². The van der Waals surface area contributed by atoms with Crippen molar-refractivity contribution in [1.29, 1.82) is 0 Å². The third kappa shape index (κ3) is 9.99. The molecule has 0 saturated heterocycles. The summed E-state index contributed by atoms with van der Waals surface area (Å²) < 4.78 is 0. The monoisotopic (exact) mass is 613 g/mol. The van der Waals surface area contributed by atoms with Crippen molar-refractivity contribution < 1.29 is 5.11 Å². The Morgan fingerprint density at radius 2 is 1.32 bits per heavy atom. The summed E-state index contributed by atoms with van der Waals surface area (Å²) in [6.07, 6.45) is 37.1. The molecule has 0 aliphatic heterocycles. The van der Waals surface area contributed by atoms with Gasteiger partial charge in [0.2, 0.25) is 0 Å². The largest absolute Gasteiger partial charge is 0.393 e. The zero-order valence-corrected chi connectivity index (χ0v) is 31.0. The van der Waals surface area contributed by atoms with Crippen molar-refractivity contribution in [3.05, 3.63) is 0 Å². The lowest BCUT2D eigenvalue weighted by atomic mass is 9.55. The molecular formula is C43H80O. The van der Waals surface area contributed by atoms with Gasteiger partial charge in [-0.1, -0.05) is 131 Å². The molecule has 0 spiro atoms. The van der Waals surface area contributed by atoms with Gasteiger partial charge in [0.05, 0.1) is 6.10 Å². The maximum atomic E-state index is 11.6. The lowest BCUT2D eigenvalue weighted by molar-refractivity contribution is -0.00105. The zero-order valence-electron chi connectivity index (χ0n) is 31.0. The van der Waals surface area contributed by atoms with Crippen LogP contribution < -0.4 is 0 Å². The summed E-state index contributed by atoms with van der Waals surface area (Å²) in [5.41, 5.74) is 1.07. The molecule has 4 rings (SSSR count). The summed E-state index contributed by atoms with van der Waals surface area (Å²) in [6, 6.07) is 0. The summed E-state index contributed by atoms with van der Waals surface area (Å²) in [7, 11) is 0. The van der Waals surface area contributed by atoms with Crippen LogP contribution in [0, 0.1) is 58.2 Å². The van der Waals surface area contributed by atoms with Crippen LogP contribution in [0.3, 0.4) is 0 Å². The van der Waals surface area contributed by atoms with Crippen molar-refractivity contribution >= 4 is 0 Å². The third-order valence-electron chi connectivity index (χ3n) is 15.0. The van der Waals surface area contributed by atoms with E-state index in [0.29, 0.717) is 16.7 Å². The molecule has 0 aromatic heterocycles. The van der Waals surface area contributed by atoms with Gasteiger partial charge < -0.3 is 5.11 Å². The average Bonchev–Trinajstić information content (AvgIpc) is 3.04. The molecule has 1 N–H and O–H groups in total. The van der Waals surface area contributed by atoms with Crippen LogP contribution in [0.5, 0.6) is 0 Å². The smallest absolute Gasteiger partial charge is 0.0571 e. The van der Waals surface area contributed by atoms with E-state index >= 15 is 0 Å². The number of rotatable bonds is 15. The quantitative estimate of drug-likeness (QED) is 0.182. The highest BCUT2D eigenvalue weighted by Crippen LogP contribution is 2.55. The van der Waals surface area contributed by atoms with Gasteiger partial charge in [-0.2, -0.15) is 0 Å². The van der Waals surface area contributed by atoms with Crippen LogP contribution in [0.25, 0.3) is 0 Å². The van der Waals surface area contributed by atoms with Crippen molar-refractivity contribution in [3.63, 3.8) is 0 Å². The van der Waals surface area contributed by atoms with Crippen molar-refractivity contribution in [2.45, 2.75) is 215 Å². The van der Waals surface area contributed by atoms with Gasteiger partial charge >= 0.3 is 0 Å². The van der Waals surface area contributed by atoms with Crippen molar-refractivity contribution in [1.82, 2.24) is 0 Å². The first-order valence-corrected chi connectivity index (χ1v) is 20.9. The standard InChI is InChI=1S/C43H80O/c1-7-17-35-25-28-40(42(4,5)6)31-37(35)32-41(44)36-20-16-19-34(30-36)18-12-11-15-29-43(9-3,38-21-13-10-14-22-38)39-26-23-33(8-2)24-27-39/h33-41,44H,7-32H2,1-6H3/t33?,34?,35-,36-,37?,39?,40?,41+,43?/m1/s1. The molecular weight excluding hydrogens is 532 g/mol. The van der Waals surface area contributed by atoms with E-state index in [-0.39, 0.29) is 6.10 Å². The highest BCUT2D eigenvalue weighted by Gasteiger charge is 2.44. The molecule has 1 heteroatoms. The Hall–Kier alpha value is -0.0400. The molecule has 0 bridgehead atoms. The second-order valence-electron chi connectivity index (χ2n) is 18.4. The van der Waals surface area contributed by atoms with Crippen LogP contribution >= 0.6 is 0 Å². The normalized spacial score (nSPS) is 34.8. The molecule has 4 saturated carbocycles. The van der Waals surface area contributed by atoms with Gasteiger partial charge in [0.15, 0.2) is 0 Å². The molecule has 0 aromatic rings. The number of aliphatic hydroxyl groups excluding tert-OH is 1. The van der Waals surface area contributed by atoms with Crippen LogP contribution in [0.2, 0.25) is 0 Å². The summed E-state index contributed by atoms with van der Waals surface area (Å²) >= 11 is 0. The number of hydrogen-bond acceptors (Lipinski definition) is 1. The Bertz CT molecular complexity index is 766. The first-order chi connectivity index (χ1) is 21.2. The van der Waals surface area contributed by atoms with Crippen LogP contribution in [0.1, 0.15) is 208 Å². The minimum atomic E-state index is -0.0515. The second kappa shape index (κ2) is 17.9. The second-order valence-corrected chi connectivity index (χ2v) is 18.4. The van der Waals surface area contributed by atoms with Gasteiger partial charge in [0, 0.05) is 0 Å². The fourth-order valence-corrected chi connectivity index (χ4v) is 12.0. The molecule has 0 heterocycles. The molecule has 4 unspecified atom stereocenters. The lowest BCUT2D eigenvalue weighted by Gasteiger charge is -2.50. The van der Waals surface area contributed by atoms with Gasteiger partial charge in [0.1, 0.15) is 0 Å². The molecule has 4 fully saturated rings. The highest BCUT2D eigenvalue weighted by atomic mass is 16.3. The minimum Gasteiger partial charge on any atom is -0.393 e. The zero-order chi connectivity index (χ0) is 31.6. The predicted octanol–water partition coefficient (Wildman–Crippen LogP) is 13.6. The maximum absolute atomic E-state index is 11.6. The fraction of sp³-hybridized carbons (Fsp3) is 1.00. The van der Waals surface area contributed by atoms with Gasteiger partial charge in [-0.25, -0.2) is 0 Å². The molecule has 0 radical (unpaired) electrons. The highest BCUT2D eigenvalue weighted by molar-refractivity contribution is 4.95. The average molecular weight is 613 g/mol. The van der Waals surface area contributed by atoms with Gasteiger partial charge in [-0.3, -0.25) is 0 Å². The summed E-state index contributed by atoms with van der Waals surface area (Å²) in [4.78, 5) is 0. The van der Waals surface area contributed by atoms with Gasteiger partial charge in [0.25, 0.3) is 0 Å². The Morgan fingerprint density at radius 1 is 0.614 bits per heavy atom. The van der Waals surface area contributed by atoms with Crippen molar-refractivity contribution in [3.8, 4) is 0 Å². The van der Waals surface area contributed by atoms with Crippen LogP contribution in [-0.4, -0.2) is 11.2 Å². The van der Waals surface area contributed by atoms with E-state index in [1.165, 1.54) is 161 Å². The van der Waals surface area contributed by atoms with E-state index in [2.05, 4.69) is 41.5 Å². The van der Waals surface area contributed by atoms with Crippen molar-refractivity contribution in [2.75, 3.05) is 0 Å². The first kappa shape index (κ1) is 36.8. The van der Waals surface area contributed by atoms with E-state index in [0.717, 1.165) is 47.8 Å². The van der Waals surface area contributed by atoms with Crippen LogP contribution in [-0.2, 0) is 0 Å². The maximum Gasteiger partial charge on any atom is 0.0571 e. The molecule has 7 atom stereocenters. The molecule has 0 aromatic carbocycles. The summed E-state index contributed by atoms with van der Waals surface area (Å²) in [5, 5.41) is 11.6. The SMILES string of the molecule is CCC[C@@H]1CCC(C(C)(C)C)CC1C[C@H](O)[C@@H]1CCCC(CCCCCC(CC)(C2CCCCC2)C2CCC(CC)CC2)C1. The lowest BCUT2D eigenvalue weighted by Crippen LogP contribution is -2.40. The van der Waals surface area contributed by atoms with Crippen molar-refractivity contribution in [2.24, 2.45) is 58.2 Å². The van der Waals surface area contributed by atoms with E-state index in [1.807, 2.05) is 0 Å². The predicted molar refractivity (Wildman–Crippen MR) is 193 cm³/mol. The summed E-state index contributed by atoms with van der Waals surface area (Å²) in [5.74, 6) is 6.95. The molecule has 44 heavy (non-hydrogen) atoms. The third-order valence-corrected chi connectivity index (χ3v) is 15.0. The minimum absolute atomic E-state index is 0.0515. The molecule has 4 aliphatic rings. The number of hydrogen-bond donors (Lipinski definition) is 1. The first-order valence-electron chi connectivity index (χ1n) is 20.9. The van der Waals surface area contributed by atoms with Crippen LogP contribution in [0.15, 0.2) is 0 Å².